The molecule has 0 saturated carbocycles. The van der Waals surface area contributed by atoms with Crippen LogP contribution in [0, 0.1) is 11.2 Å². The van der Waals surface area contributed by atoms with Crippen LogP contribution in [0.1, 0.15) is 25.5 Å². The van der Waals surface area contributed by atoms with E-state index in [2.05, 4.69) is 22.5 Å². The van der Waals surface area contributed by atoms with Crippen LogP contribution in [0.5, 0.6) is 0 Å². The van der Waals surface area contributed by atoms with Crippen molar-refractivity contribution in [1.82, 2.24) is 15.6 Å². The van der Waals surface area contributed by atoms with Crippen molar-refractivity contribution in [3.05, 3.63) is 42.0 Å². The van der Waals surface area contributed by atoms with Gasteiger partial charge in [-0.05, 0) is 55.6 Å². The highest BCUT2D eigenvalue weighted by Gasteiger charge is 2.27. The van der Waals surface area contributed by atoms with Gasteiger partial charge in [-0.1, -0.05) is 6.92 Å². The third-order valence-electron chi connectivity index (χ3n) is 4.51. The number of oxazole rings is 1. The van der Waals surface area contributed by atoms with Gasteiger partial charge in [-0.3, -0.25) is 4.79 Å². The Hall–Kier alpha value is -2.21. The first kappa shape index (κ1) is 16.6. The van der Waals surface area contributed by atoms with Crippen LogP contribution >= 0.6 is 0 Å². The van der Waals surface area contributed by atoms with Gasteiger partial charge in [0, 0.05) is 12.1 Å². The van der Waals surface area contributed by atoms with E-state index in [0.29, 0.717) is 23.7 Å². The summed E-state index contributed by atoms with van der Waals surface area (Å²) in [5.74, 6) is 0.0214. The summed E-state index contributed by atoms with van der Waals surface area (Å²) in [6.45, 7) is 4.88. The van der Waals surface area contributed by atoms with Gasteiger partial charge in [0.25, 0.3) is 0 Å². The first-order valence-electron chi connectivity index (χ1n) is 8.22. The molecule has 1 aromatic heterocycles. The second-order valence-corrected chi connectivity index (χ2v) is 6.67. The molecular weight excluding hydrogens is 309 g/mol. The number of benzene rings is 1. The minimum absolute atomic E-state index is 0.0614. The van der Waals surface area contributed by atoms with Gasteiger partial charge in [0.15, 0.2) is 0 Å². The number of nitrogens with one attached hydrogen (secondary N) is 2. The third-order valence-corrected chi connectivity index (χ3v) is 4.51. The summed E-state index contributed by atoms with van der Waals surface area (Å²) in [5.41, 5.74) is 1.41. The van der Waals surface area contributed by atoms with E-state index in [-0.39, 0.29) is 23.6 Å². The molecular formula is C18H22FN3O2. The van der Waals surface area contributed by atoms with Gasteiger partial charge >= 0.3 is 0 Å². The van der Waals surface area contributed by atoms with Crippen molar-refractivity contribution in [1.29, 1.82) is 0 Å². The zero-order valence-electron chi connectivity index (χ0n) is 13.8. The minimum atomic E-state index is -0.309. The topological polar surface area (TPSA) is 67.2 Å². The van der Waals surface area contributed by atoms with E-state index in [1.165, 1.54) is 18.4 Å². The molecule has 2 aromatic rings. The highest BCUT2D eigenvalue weighted by molar-refractivity contribution is 5.78. The van der Waals surface area contributed by atoms with E-state index in [1.807, 2.05) is 0 Å². The summed E-state index contributed by atoms with van der Waals surface area (Å²) < 4.78 is 18.3. The van der Waals surface area contributed by atoms with E-state index in [4.69, 9.17) is 4.42 Å². The van der Waals surface area contributed by atoms with Gasteiger partial charge < -0.3 is 15.1 Å². The van der Waals surface area contributed by atoms with Gasteiger partial charge in [-0.2, -0.15) is 0 Å². The van der Waals surface area contributed by atoms with Crippen LogP contribution in [0.15, 0.2) is 34.9 Å². The van der Waals surface area contributed by atoms with Crippen molar-refractivity contribution in [3.8, 4) is 11.5 Å². The number of piperidine rings is 1. The number of halogens is 1. The molecule has 1 aliphatic rings. The molecule has 0 unspecified atom stereocenters. The Balaban J connectivity index is 1.54. The number of carbonyl (C=O) groups excluding carboxylic acids is 1. The molecule has 128 valence electrons. The summed E-state index contributed by atoms with van der Waals surface area (Å²) in [4.78, 5) is 16.4. The third kappa shape index (κ3) is 4.20. The Labute approximate surface area is 140 Å². The van der Waals surface area contributed by atoms with Crippen molar-refractivity contribution in [2.45, 2.75) is 26.2 Å². The lowest BCUT2D eigenvalue weighted by Gasteiger charge is -2.34. The molecule has 0 radical (unpaired) electrons. The lowest BCUT2D eigenvalue weighted by molar-refractivity contribution is -0.121. The molecule has 2 N–H and O–H groups in total. The average molecular weight is 331 g/mol. The fraction of sp³-hybridized carbons (Fsp3) is 0.444. The maximum atomic E-state index is 12.9. The number of hydrogen-bond acceptors (Lipinski definition) is 4. The fourth-order valence-electron chi connectivity index (χ4n) is 2.86. The molecule has 2 heterocycles. The van der Waals surface area contributed by atoms with Crippen molar-refractivity contribution >= 4 is 5.91 Å². The predicted molar refractivity (Wildman–Crippen MR) is 88.8 cm³/mol. The highest BCUT2D eigenvalue weighted by Crippen LogP contribution is 2.26. The van der Waals surface area contributed by atoms with Crippen LogP contribution in [0.25, 0.3) is 11.5 Å². The minimum Gasteiger partial charge on any atom is -0.444 e. The summed E-state index contributed by atoms with van der Waals surface area (Å²) in [6.07, 6.45) is 3.78. The summed E-state index contributed by atoms with van der Waals surface area (Å²) in [5, 5.41) is 6.33. The van der Waals surface area contributed by atoms with E-state index in [0.717, 1.165) is 25.9 Å². The summed E-state index contributed by atoms with van der Waals surface area (Å²) >= 11 is 0. The van der Waals surface area contributed by atoms with Crippen molar-refractivity contribution in [3.63, 3.8) is 0 Å². The number of nitrogens with zero attached hydrogens (tertiary/aromatic N) is 1. The van der Waals surface area contributed by atoms with E-state index in [1.54, 1.807) is 12.1 Å². The van der Waals surface area contributed by atoms with Gasteiger partial charge in [0.2, 0.25) is 11.8 Å². The normalized spacial score (nSPS) is 16.8. The molecule has 0 aliphatic carbocycles. The quantitative estimate of drug-likeness (QED) is 0.883. The predicted octanol–water partition coefficient (Wildman–Crippen LogP) is 2.53. The van der Waals surface area contributed by atoms with Crippen molar-refractivity contribution in [2.75, 3.05) is 19.6 Å². The number of amides is 1. The first-order valence-corrected chi connectivity index (χ1v) is 8.22. The van der Waals surface area contributed by atoms with Gasteiger partial charge in [0.1, 0.15) is 12.1 Å². The molecule has 0 bridgehead atoms. The first-order chi connectivity index (χ1) is 11.5. The standard InChI is InChI=1S/C18H22FN3O2/c1-18(6-8-20-9-7-18)12-21-16(23)10-15-11-24-17(22-15)13-2-4-14(19)5-3-13/h2-5,11,20H,6-10,12H2,1H3,(H,21,23). The van der Waals surface area contributed by atoms with E-state index in [9.17, 15) is 9.18 Å². The van der Waals surface area contributed by atoms with Gasteiger partial charge in [0.05, 0.1) is 12.1 Å². The van der Waals surface area contributed by atoms with Crippen LogP contribution in [0.3, 0.4) is 0 Å². The smallest absolute Gasteiger partial charge is 0.226 e. The van der Waals surface area contributed by atoms with E-state index < -0.39 is 0 Å². The molecule has 3 rings (SSSR count). The second kappa shape index (κ2) is 7.13. The summed E-state index contributed by atoms with van der Waals surface area (Å²) in [6, 6.07) is 5.91. The lowest BCUT2D eigenvalue weighted by Crippen LogP contribution is -2.43. The number of aromatic nitrogens is 1. The number of hydrogen-bond donors (Lipinski definition) is 2. The fourth-order valence-corrected chi connectivity index (χ4v) is 2.86. The zero-order chi connectivity index (χ0) is 17.0. The Kier molecular flexibility index (Phi) is 4.94. The Morgan fingerprint density at radius 1 is 1.33 bits per heavy atom. The van der Waals surface area contributed by atoms with Crippen molar-refractivity contribution < 1.29 is 13.6 Å². The van der Waals surface area contributed by atoms with Crippen LogP contribution in [-0.4, -0.2) is 30.5 Å². The monoisotopic (exact) mass is 331 g/mol. The number of rotatable bonds is 5. The van der Waals surface area contributed by atoms with Crippen molar-refractivity contribution in [2.24, 2.45) is 5.41 Å². The molecule has 1 aliphatic heterocycles. The van der Waals surface area contributed by atoms with Gasteiger partial charge in [-0.15, -0.1) is 0 Å². The maximum Gasteiger partial charge on any atom is 0.226 e. The molecule has 6 heteroatoms. The van der Waals surface area contributed by atoms with Crippen LogP contribution in [-0.2, 0) is 11.2 Å². The second-order valence-electron chi connectivity index (χ2n) is 6.67. The molecule has 1 saturated heterocycles. The molecule has 1 amide bonds. The van der Waals surface area contributed by atoms with E-state index >= 15 is 0 Å². The molecule has 24 heavy (non-hydrogen) atoms. The average Bonchev–Trinajstić information content (AvgIpc) is 3.03. The zero-order valence-corrected chi connectivity index (χ0v) is 13.8. The van der Waals surface area contributed by atoms with Crippen LogP contribution in [0.2, 0.25) is 0 Å². The molecule has 1 aromatic carbocycles. The molecule has 0 spiro atoms. The molecule has 5 nitrogen and oxygen atoms in total. The molecule has 1 fully saturated rings. The Morgan fingerprint density at radius 3 is 2.75 bits per heavy atom. The summed E-state index contributed by atoms with van der Waals surface area (Å²) in [7, 11) is 0. The van der Waals surface area contributed by atoms with Gasteiger partial charge in [-0.25, -0.2) is 9.37 Å². The lowest BCUT2D eigenvalue weighted by atomic mass is 9.81. The highest BCUT2D eigenvalue weighted by atomic mass is 19.1. The SMILES string of the molecule is CC1(CNC(=O)Cc2coc(-c3ccc(F)cc3)n2)CCNCC1. The Bertz CT molecular complexity index is 691. The molecule has 0 atom stereocenters. The Morgan fingerprint density at radius 2 is 2.04 bits per heavy atom. The largest absolute Gasteiger partial charge is 0.444 e. The van der Waals surface area contributed by atoms with Crippen LogP contribution in [0.4, 0.5) is 4.39 Å². The van der Waals surface area contributed by atoms with Crippen LogP contribution < -0.4 is 10.6 Å². The maximum absolute atomic E-state index is 12.9. The number of carbonyl (C=O) groups is 1.